The van der Waals surface area contributed by atoms with Crippen LogP contribution in [0.4, 0.5) is 5.82 Å². The first kappa shape index (κ1) is 26.8. The Morgan fingerprint density at radius 1 is 1.10 bits per heavy atom. The second-order valence-corrected chi connectivity index (χ2v) is 11.2. The normalized spacial score (nSPS) is 17.6. The van der Waals surface area contributed by atoms with Gasteiger partial charge in [-0.2, -0.15) is 10.2 Å². The van der Waals surface area contributed by atoms with Gasteiger partial charge in [0.25, 0.3) is 5.56 Å². The summed E-state index contributed by atoms with van der Waals surface area (Å²) in [7, 11) is 0. The van der Waals surface area contributed by atoms with E-state index < -0.39 is 0 Å². The molecule has 1 saturated carbocycles. The van der Waals surface area contributed by atoms with Crippen LogP contribution in [0.5, 0.6) is 11.5 Å². The maximum absolute atomic E-state index is 13.3. The summed E-state index contributed by atoms with van der Waals surface area (Å²) in [6.07, 6.45) is 9.76. The number of nitrogens with zero attached hydrogens (tertiary/aromatic N) is 4. The first-order chi connectivity index (χ1) is 20.0. The number of hydrogen-bond donors (Lipinski definition) is 2. The number of carbonyl (C=O) groups is 1. The number of rotatable bonds is 9. The van der Waals surface area contributed by atoms with Crippen molar-refractivity contribution in [3.63, 3.8) is 0 Å². The fraction of sp³-hybridized carbons (Fsp3) is 0.375. The predicted molar refractivity (Wildman–Crippen MR) is 160 cm³/mol. The zero-order valence-electron chi connectivity index (χ0n) is 23.4. The number of aromatic nitrogens is 4. The lowest BCUT2D eigenvalue weighted by Crippen LogP contribution is -2.41. The van der Waals surface area contributed by atoms with E-state index in [1.54, 1.807) is 4.68 Å². The van der Waals surface area contributed by atoms with E-state index in [1.807, 2.05) is 66.4 Å². The smallest absolute Gasteiger partial charge is 0.290 e. The van der Waals surface area contributed by atoms with Crippen molar-refractivity contribution in [1.29, 1.82) is 0 Å². The largest absolute Gasteiger partial charge is 0.457 e. The van der Waals surface area contributed by atoms with Gasteiger partial charge in [0.2, 0.25) is 5.91 Å². The van der Waals surface area contributed by atoms with E-state index in [4.69, 9.17) is 15.6 Å². The highest BCUT2D eigenvalue weighted by molar-refractivity contribution is 5.99. The number of amides is 1. The summed E-state index contributed by atoms with van der Waals surface area (Å²) in [5.41, 5.74) is 8.49. The molecule has 1 atom stereocenters. The van der Waals surface area contributed by atoms with Gasteiger partial charge in [-0.15, -0.1) is 0 Å². The molecule has 0 radical (unpaired) electrons. The number of hydrogen-bond acceptors (Lipinski definition) is 6. The minimum Gasteiger partial charge on any atom is -0.457 e. The second-order valence-electron chi connectivity index (χ2n) is 11.2. The zero-order valence-corrected chi connectivity index (χ0v) is 23.4. The van der Waals surface area contributed by atoms with Crippen LogP contribution in [0.15, 0.2) is 71.0 Å². The van der Waals surface area contributed by atoms with Crippen molar-refractivity contribution in [1.82, 2.24) is 24.9 Å². The van der Waals surface area contributed by atoms with Gasteiger partial charge in [0.15, 0.2) is 5.82 Å². The molecule has 2 aliphatic rings. The van der Waals surface area contributed by atoms with Crippen molar-refractivity contribution in [2.75, 3.05) is 18.8 Å². The van der Waals surface area contributed by atoms with Gasteiger partial charge >= 0.3 is 0 Å². The van der Waals surface area contributed by atoms with Crippen LogP contribution < -0.4 is 16.0 Å². The van der Waals surface area contributed by atoms with Crippen molar-refractivity contribution in [2.45, 2.75) is 57.9 Å². The van der Waals surface area contributed by atoms with Gasteiger partial charge in [-0.25, -0.2) is 5.10 Å². The van der Waals surface area contributed by atoms with E-state index >= 15 is 0 Å². The molecule has 3 N–H and O–H groups in total. The first-order valence-electron chi connectivity index (χ1n) is 14.5. The number of aromatic amines is 1. The molecule has 3 heterocycles. The molecular weight excluding hydrogens is 516 g/mol. The standard InChI is InChI=1S/C32H36N6O3/c1-21(8-5-6-9-22-13-14-22)32(40)37-19-7-10-24(20-37)38-29-27(30(33)34-35-31(29)39)28(36-38)23-15-17-26(18-16-23)41-25-11-3-2-4-12-25/h2-4,8,11-12,15-18,22,24H,5-7,9-10,13-14,19-20H2,1H3,(H2,33,34)(H,35,39)/b21-8+/t24-/m1/s1. The van der Waals surface area contributed by atoms with Crippen LogP contribution >= 0.6 is 0 Å². The van der Waals surface area contributed by atoms with Crippen LogP contribution in [0.1, 0.15) is 57.9 Å². The van der Waals surface area contributed by atoms with Crippen molar-refractivity contribution in [3.8, 4) is 22.8 Å². The molecule has 1 aliphatic carbocycles. The molecule has 2 aromatic heterocycles. The van der Waals surface area contributed by atoms with E-state index in [2.05, 4.69) is 16.3 Å². The average molecular weight is 553 g/mol. The number of nitrogens with two attached hydrogens (primary N) is 1. The number of piperidine rings is 1. The van der Waals surface area contributed by atoms with E-state index in [1.165, 1.54) is 19.3 Å². The molecule has 9 nitrogen and oxygen atoms in total. The Morgan fingerprint density at radius 3 is 2.61 bits per heavy atom. The summed E-state index contributed by atoms with van der Waals surface area (Å²) >= 11 is 0. The number of unbranched alkanes of at least 4 members (excludes halogenated alkanes) is 1. The summed E-state index contributed by atoms with van der Waals surface area (Å²) < 4.78 is 7.69. The molecule has 2 aromatic carbocycles. The third-order valence-corrected chi connectivity index (χ3v) is 8.10. The molecule has 41 heavy (non-hydrogen) atoms. The Bertz CT molecular complexity index is 1620. The molecule has 9 heteroatoms. The van der Waals surface area contributed by atoms with Gasteiger partial charge in [-0.3, -0.25) is 14.3 Å². The topological polar surface area (TPSA) is 119 Å². The lowest BCUT2D eigenvalue weighted by molar-refractivity contribution is -0.128. The van der Waals surface area contributed by atoms with Gasteiger partial charge in [0.1, 0.15) is 22.7 Å². The number of benzene rings is 2. The number of H-pyrrole nitrogens is 1. The molecule has 6 rings (SSSR count). The molecule has 2 fully saturated rings. The molecule has 1 saturated heterocycles. The molecule has 4 aromatic rings. The van der Waals surface area contributed by atoms with E-state index in [0.29, 0.717) is 35.4 Å². The van der Waals surface area contributed by atoms with Crippen molar-refractivity contribution in [3.05, 3.63) is 76.6 Å². The van der Waals surface area contributed by atoms with Crippen LogP contribution in [0.3, 0.4) is 0 Å². The van der Waals surface area contributed by atoms with Crippen molar-refractivity contribution >= 4 is 22.6 Å². The number of ether oxygens (including phenoxy) is 1. The summed E-state index contributed by atoms with van der Waals surface area (Å²) in [6.45, 7) is 3.08. The number of para-hydroxylation sites is 1. The quantitative estimate of drug-likeness (QED) is 0.199. The lowest BCUT2D eigenvalue weighted by Gasteiger charge is -2.33. The number of anilines is 1. The second kappa shape index (κ2) is 11.6. The summed E-state index contributed by atoms with van der Waals surface area (Å²) in [5.74, 6) is 2.60. The monoisotopic (exact) mass is 552 g/mol. The van der Waals surface area contributed by atoms with Crippen LogP contribution in [-0.2, 0) is 4.79 Å². The summed E-state index contributed by atoms with van der Waals surface area (Å²) in [5, 5.41) is 12.0. The Kier molecular flexibility index (Phi) is 7.59. The van der Waals surface area contributed by atoms with Crippen molar-refractivity contribution in [2.24, 2.45) is 5.92 Å². The Morgan fingerprint density at radius 2 is 1.85 bits per heavy atom. The van der Waals surface area contributed by atoms with Gasteiger partial charge in [0, 0.05) is 24.2 Å². The van der Waals surface area contributed by atoms with E-state index in [-0.39, 0.29) is 23.3 Å². The number of likely N-dealkylation sites (tertiary alicyclic amines) is 1. The van der Waals surface area contributed by atoms with Crippen LogP contribution in [0.2, 0.25) is 0 Å². The molecule has 1 aliphatic heterocycles. The molecule has 0 unspecified atom stereocenters. The van der Waals surface area contributed by atoms with Gasteiger partial charge in [-0.05, 0) is 74.9 Å². The zero-order chi connectivity index (χ0) is 28.3. The number of carbonyl (C=O) groups excluding carboxylic acids is 1. The highest BCUT2D eigenvalue weighted by Crippen LogP contribution is 2.35. The minimum atomic E-state index is -0.354. The maximum atomic E-state index is 13.3. The summed E-state index contributed by atoms with van der Waals surface area (Å²) in [4.78, 5) is 28.3. The Labute approximate surface area is 239 Å². The Hall–Kier alpha value is -4.40. The molecule has 0 bridgehead atoms. The van der Waals surface area contributed by atoms with Crippen LogP contribution in [0, 0.1) is 5.92 Å². The van der Waals surface area contributed by atoms with Crippen LogP contribution in [0.25, 0.3) is 22.2 Å². The fourth-order valence-electron chi connectivity index (χ4n) is 5.69. The first-order valence-corrected chi connectivity index (χ1v) is 14.5. The molecule has 212 valence electrons. The average Bonchev–Trinajstić information content (AvgIpc) is 3.74. The molecule has 1 amide bonds. The van der Waals surface area contributed by atoms with Gasteiger partial charge in [-0.1, -0.05) is 43.5 Å². The lowest BCUT2D eigenvalue weighted by atomic mass is 10.0. The predicted octanol–water partition coefficient (Wildman–Crippen LogP) is 5.85. The van der Waals surface area contributed by atoms with E-state index in [9.17, 15) is 9.59 Å². The third kappa shape index (κ3) is 5.89. The van der Waals surface area contributed by atoms with Crippen molar-refractivity contribution < 1.29 is 9.53 Å². The minimum absolute atomic E-state index is 0.0573. The number of nitrogens with one attached hydrogen (secondary N) is 1. The highest BCUT2D eigenvalue weighted by atomic mass is 16.5. The van der Waals surface area contributed by atoms with Gasteiger partial charge < -0.3 is 15.4 Å². The number of fused-ring (bicyclic) bond motifs is 1. The maximum Gasteiger partial charge on any atom is 0.290 e. The van der Waals surface area contributed by atoms with E-state index in [0.717, 1.165) is 48.5 Å². The van der Waals surface area contributed by atoms with Gasteiger partial charge in [0.05, 0.1) is 11.4 Å². The summed E-state index contributed by atoms with van der Waals surface area (Å²) in [6, 6.07) is 16.9. The SMILES string of the molecule is C/C(=C\CCCC1CC1)C(=O)N1CCC[C@@H](n2nc(-c3ccc(Oc4ccccc4)cc3)c3c(N)n[nH]c(=O)c32)C1. The third-order valence-electron chi connectivity index (χ3n) is 8.10. The molecule has 0 spiro atoms. The Balaban J connectivity index is 1.25. The van der Waals surface area contributed by atoms with Crippen LogP contribution in [-0.4, -0.2) is 43.9 Å². The highest BCUT2D eigenvalue weighted by Gasteiger charge is 2.30. The number of allylic oxidation sites excluding steroid dienone is 1. The number of nitrogen functional groups attached to an aromatic ring is 1. The molecular formula is C32H36N6O3. The fourth-order valence-corrected chi connectivity index (χ4v) is 5.69.